The lowest BCUT2D eigenvalue weighted by Crippen LogP contribution is -1.74. The summed E-state index contributed by atoms with van der Waals surface area (Å²) in [7, 11) is 0. The van der Waals surface area contributed by atoms with E-state index in [4.69, 9.17) is 0 Å². The van der Waals surface area contributed by atoms with E-state index in [0.717, 1.165) is 12.8 Å². The molecule has 0 atom stereocenters. The van der Waals surface area contributed by atoms with E-state index in [1.54, 1.807) is 0 Å². The molecule has 15 heavy (non-hydrogen) atoms. The molecule has 1 heteroatoms. The van der Waals surface area contributed by atoms with E-state index in [1.165, 1.54) is 32.1 Å². The van der Waals surface area contributed by atoms with Gasteiger partial charge in [-0.2, -0.15) is 0 Å². The van der Waals surface area contributed by atoms with Gasteiger partial charge in [0.25, 0.3) is 0 Å². The quantitative estimate of drug-likeness (QED) is 0.384. The maximum atomic E-state index is 9.90. The van der Waals surface area contributed by atoms with E-state index in [0.29, 0.717) is 6.42 Å². The van der Waals surface area contributed by atoms with Crippen LogP contribution in [0, 0.1) is 0 Å². The summed E-state index contributed by atoms with van der Waals surface area (Å²) in [6, 6.07) is 0. The second-order valence-corrected chi connectivity index (χ2v) is 3.74. The third-order valence-electron chi connectivity index (χ3n) is 2.26. The zero-order valence-corrected chi connectivity index (χ0v) is 9.87. The van der Waals surface area contributed by atoms with Crippen LogP contribution in [0.5, 0.6) is 0 Å². The smallest absolute Gasteiger partial charge is 0.198 e. The SMILES string of the molecule is CCCCCC/C=C/C=C/CCC[C]=O. The molecule has 0 aliphatic heterocycles. The molecule has 0 spiro atoms. The molecule has 0 unspecified atom stereocenters. The molecule has 1 radical (unpaired) electrons. The molecule has 0 aliphatic rings. The molecule has 0 aromatic rings. The molecule has 0 aromatic heterocycles. The Morgan fingerprint density at radius 3 is 2.20 bits per heavy atom. The standard InChI is InChI=1S/C14H23O/c1-2-3-4-5-6-7-8-9-10-11-12-13-14-15/h7-10H,2-6,11-13H2,1H3/b8-7+,10-9+. The normalized spacial score (nSPS) is 11.5. The Balaban J connectivity index is 3.18. The maximum absolute atomic E-state index is 9.90. The van der Waals surface area contributed by atoms with Crippen LogP contribution in [-0.4, -0.2) is 6.29 Å². The van der Waals surface area contributed by atoms with Crippen molar-refractivity contribution in [3.8, 4) is 0 Å². The van der Waals surface area contributed by atoms with E-state index >= 15 is 0 Å². The zero-order valence-electron chi connectivity index (χ0n) is 9.87. The van der Waals surface area contributed by atoms with Gasteiger partial charge >= 0.3 is 0 Å². The lowest BCUT2D eigenvalue weighted by atomic mass is 10.1. The first kappa shape index (κ1) is 14.2. The van der Waals surface area contributed by atoms with Crippen LogP contribution < -0.4 is 0 Å². The van der Waals surface area contributed by atoms with Gasteiger partial charge in [-0.05, 0) is 25.7 Å². The number of allylic oxidation sites excluding steroid dienone is 4. The van der Waals surface area contributed by atoms with E-state index in [9.17, 15) is 4.79 Å². The van der Waals surface area contributed by atoms with Gasteiger partial charge in [-0.1, -0.05) is 50.5 Å². The van der Waals surface area contributed by atoms with Crippen molar-refractivity contribution in [3.63, 3.8) is 0 Å². The van der Waals surface area contributed by atoms with E-state index in [-0.39, 0.29) is 0 Å². The van der Waals surface area contributed by atoms with Crippen molar-refractivity contribution < 1.29 is 4.79 Å². The van der Waals surface area contributed by atoms with Crippen molar-refractivity contribution in [2.75, 3.05) is 0 Å². The number of unbranched alkanes of at least 4 members (excludes halogenated alkanes) is 6. The largest absolute Gasteiger partial charge is 0.291 e. The van der Waals surface area contributed by atoms with Gasteiger partial charge in [0.15, 0.2) is 6.29 Å². The fourth-order valence-corrected chi connectivity index (χ4v) is 1.33. The molecule has 85 valence electrons. The Morgan fingerprint density at radius 1 is 0.933 bits per heavy atom. The van der Waals surface area contributed by atoms with Gasteiger partial charge in [0, 0.05) is 6.42 Å². The van der Waals surface area contributed by atoms with Gasteiger partial charge in [-0.3, -0.25) is 4.79 Å². The van der Waals surface area contributed by atoms with Gasteiger partial charge in [0.1, 0.15) is 0 Å². The van der Waals surface area contributed by atoms with Gasteiger partial charge < -0.3 is 0 Å². The molecule has 0 saturated heterocycles. The summed E-state index contributed by atoms with van der Waals surface area (Å²) in [5.41, 5.74) is 0. The molecule has 0 heterocycles. The molecule has 0 saturated carbocycles. The topological polar surface area (TPSA) is 17.1 Å². The third-order valence-corrected chi connectivity index (χ3v) is 2.26. The second kappa shape index (κ2) is 13.2. The Morgan fingerprint density at radius 2 is 1.60 bits per heavy atom. The van der Waals surface area contributed by atoms with Crippen molar-refractivity contribution >= 4 is 6.29 Å². The van der Waals surface area contributed by atoms with Crippen LogP contribution >= 0.6 is 0 Å². The van der Waals surface area contributed by atoms with Gasteiger partial charge in [-0.15, -0.1) is 0 Å². The average molecular weight is 207 g/mol. The molecular weight excluding hydrogens is 184 g/mol. The molecule has 0 bridgehead atoms. The van der Waals surface area contributed by atoms with E-state index < -0.39 is 0 Å². The highest BCUT2D eigenvalue weighted by Crippen LogP contribution is 2.03. The number of carbonyl (C=O) groups excluding carboxylic acids is 1. The monoisotopic (exact) mass is 207 g/mol. The van der Waals surface area contributed by atoms with Crippen molar-refractivity contribution in [1.29, 1.82) is 0 Å². The average Bonchev–Trinajstić information content (AvgIpc) is 2.26. The zero-order chi connectivity index (χ0) is 11.2. The lowest BCUT2D eigenvalue weighted by Gasteiger charge is -1.93. The van der Waals surface area contributed by atoms with Crippen molar-refractivity contribution in [2.45, 2.75) is 58.3 Å². The fourth-order valence-electron chi connectivity index (χ4n) is 1.33. The predicted molar refractivity (Wildman–Crippen MR) is 66.6 cm³/mol. The highest BCUT2D eigenvalue weighted by atomic mass is 16.1. The van der Waals surface area contributed by atoms with Crippen LogP contribution in [0.3, 0.4) is 0 Å². The van der Waals surface area contributed by atoms with Crippen LogP contribution in [0.15, 0.2) is 24.3 Å². The maximum Gasteiger partial charge on any atom is 0.198 e. The lowest BCUT2D eigenvalue weighted by molar-refractivity contribution is 0.549. The van der Waals surface area contributed by atoms with Crippen molar-refractivity contribution in [1.82, 2.24) is 0 Å². The molecule has 1 nitrogen and oxygen atoms in total. The molecule has 0 aromatic carbocycles. The number of hydrogen-bond donors (Lipinski definition) is 0. The first-order valence-electron chi connectivity index (χ1n) is 6.08. The minimum atomic E-state index is 0.561. The van der Waals surface area contributed by atoms with Crippen LogP contribution in [0.2, 0.25) is 0 Å². The molecule has 0 fully saturated rings. The summed E-state index contributed by atoms with van der Waals surface area (Å²) in [6.07, 6.45) is 19.4. The summed E-state index contributed by atoms with van der Waals surface area (Å²) in [5, 5.41) is 0. The Bertz CT molecular complexity index is 180. The molecule has 0 rings (SSSR count). The fraction of sp³-hybridized carbons (Fsp3) is 0.643. The first-order valence-corrected chi connectivity index (χ1v) is 6.08. The third kappa shape index (κ3) is 13.2. The first-order chi connectivity index (χ1) is 7.41. The summed E-state index contributed by atoms with van der Waals surface area (Å²) in [5.74, 6) is 0. The highest BCUT2D eigenvalue weighted by molar-refractivity contribution is 5.50. The minimum Gasteiger partial charge on any atom is -0.291 e. The number of hydrogen-bond acceptors (Lipinski definition) is 1. The van der Waals surface area contributed by atoms with E-state index in [1.807, 2.05) is 6.29 Å². The van der Waals surface area contributed by atoms with Crippen LogP contribution in [0.4, 0.5) is 0 Å². The molecule has 0 N–H and O–H groups in total. The highest BCUT2D eigenvalue weighted by Gasteiger charge is 1.83. The number of rotatable bonds is 10. The predicted octanol–water partition coefficient (Wildman–Crippen LogP) is 4.35. The van der Waals surface area contributed by atoms with Crippen LogP contribution in [-0.2, 0) is 4.79 Å². The van der Waals surface area contributed by atoms with E-state index in [2.05, 4.69) is 31.2 Å². The summed E-state index contributed by atoms with van der Waals surface area (Å²) < 4.78 is 0. The van der Waals surface area contributed by atoms with Crippen LogP contribution in [0.25, 0.3) is 0 Å². The molecule has 0 aliphatic carbocycles. The summed E-state index contributed by atoms with van der Waals surface area (Å²) >= 11 is 0. The Hall–Kier alpha value is -0.850. The second-order valence-electron chi connectivity index (χ2n) is 3.74. The molecular formula is C14H23O. The summed E-state index contributed by atoms with van der Waals surface area (Å²) in [4.78, 5) is 9.90. The Labute approximate surface area is 94.3 Å². The Kier molecular flexibility index (Phi) is 12.4. The van der Waals surface area contributed by atoms with Crippen LogP contribution in [0.1, 0.15) is 58.3 Å². The minimum absolute atomic E-state index is 0.561. The van der Waals surface area contributed by atoms with Gasteiger partial charge in [0.2, 0.25) is 0 Å². The van der Waals surface area contributed by atoms with Gasteiger partial charge in [0.05, 0.1) is 0 Å². The molecule has 0 amide bonds. The summed E-state index contributed by atoms with van der Waals surface area (Å²) in [6.45, 7) is 2.23. The van der Waals surface area contributed by atoms with Crippen molar-refractivity contribution in [2.24, 2.45) is 0 Å². The van der Waals surface area contributed by atoms with Gasteiger partial charge in [-0.25, -0.2) is 0 Å². The van der Waals surface area contributed by atoms with Crippen molar-refractivity contribution in [3.05, 3.63) is 24.3 Å².